The van der Waals surface area contributed by atoms with Crippen LogP contribution in [0.4, 0.5) is 0 Å². The van der Waals surface area contributed by atoms with Gasteiger partial charge in [-0.2, -0.15) is 0 Å². The second kappa shape index (κ2) is 6.54. The van der Waals surface area contributed by atoms with Crippen molar-refractivity contribution in [3.63, 3.8) is 0 Å². The number of carbonyl (C=O) groups is 1. The molecule has 1 amide bonds. The van der Waals surface area contributed by atoms with Crippen molar-refractivity contribution in [2.45, 2.75) is 32.7 Å². The van der Waals surface area contributed by atoms with E-state index < -0.39 is 0 Å². The van der Waals surface area contributed by atoms with Crippen LogP contribution in [-0.4, -0.2) is 35.1 Å². The van der Waals surface area contributed by atoms with E-state index in [-0.39, 0.29) is 5.91 Å². The molecular weight excluding hydrogens is 228 g/mol. The smallest absolute Gasteiger partial charge is 0.221 e. The molecule has 5 nitrogen and oxygen atoms in total. The van der Waals surface area contributed by atoms with Crippen LogP contribution >= 0.6 is 0 Å². The van der Waals surface area contributed by atoms with Crippen LogP contribution in [0.1, 0.15) is 25.1 Å². The van der Waals surface area contributed by atoms with Crippen LogP contribution in [0.25, 0.3) is 0 Å². The predicted molar refractivity (Wildman–Crippen MR) is 70.2 cm³/mol. The highest BCUT2D eigenvalue weighted by Crippen LogP contribution is 2.09. The van der Waals surface area contributed by atoms with Gasteiger partial charge in [0, 0.05) is 31.9 Å². The van der Waals surface area contributed by atoms with Gasteiger partial charge in [0.15, 0.2) is 0 Å². The molecule has 1 saturated heterocycles. The van der Waals surface area contributed by atoms with Gasteiger partial charge in [0.05, 0.1) is 0 Å². The number of hydrogen-bond donors (Lipinski definition) is 2. The third kappa shape index (κ3) is 3.84. The van der Waals surface area contributed by atoms with E-state index in [1.165, 1.54) is 12.8 Å². The molecule has 18 heavy (non-hydrogen) atoms. The molecule has 2 heterocycles. The van der Waals surface area contributed by atoms with E-state index in [2.05, 4.69) is 15.6 Å². The van der Waals surface area contributed by atoms with Crippen molar-refractivity contribution in [2.24, 2.45) is 5.92 Å². The third-order valence-corrected chi connectivity index (χ3v) is 3.55. The molecule has 2 N–H and O–H groups in total. The van der Waals surface area contributed by atoms with Crippen molar-refractivity contribution in [3.05, 3.63) is 18.2 Å². The summed E-state index contributed by atoms with van der Waals surface area (Å²) in [6.07, 6.45) is 6.54. The second-order valence-electron chi connectivity index (χ2n) is 4.92. The molecule has 0 aromatic carbocycles. The molecule has 1 aromatic rings. The van der Waals surface area contributed by atoms with Crippen molar-refractivity contribution in [1.29, 1.82) is 0 Å². The van der Waals surface area contributed by atoms with E-state index in [0.717, 1.165) is 25.5 Å². The van der Waals surface area contributed by atoms with Gasteiger partial charge in [-0.1, -0.05) is 0 Å². The van der Waals surface area contributed by atoms with Gasteiger partial charge in [-0.25, -0.2) is 4.98 Å². The van der Waals surface area contributed by atoms with Gasteiger partial charge in [0.25, 0.3) is 0 Å². The molecule has 0 saturated carbocycles. The fourth-order valence-electron chi connectivity index (χ4n) is 2.29. The van der Waals surface area contributed by atoms with Crippen LogP contribution in [0.5, 0.6) is 0 Å². The standard InChI is InChI=1S/C13H22N4O/c1-11-15-7-9-17(11)8-4-13(18)16-10-12-2-5-14-6-3-12/h7,9,12,14H,2-6,8,10H2,1H3,(H,16,18). The molecule has 1 aliphatic rings. The maximum atomic E-state index is 11.7. The Bertz CT molecular complexity index is 382. The molecule has 100 valence electrons. The van der Waals surface area contributed by atoms with Gasteiger partial charge in [-0.05, 0) is 38.8 Å². The summed E-state index contributed by atoms with van der Waals surface area (Å²) in [5.74, 6) is 1.74. The summed E-state index contributed by atoms with van der Waals surface area (Å²) in [5, 5.41) is 6.36. The van der Waals surface area contributed by atoms with Gasteiger partial charge in [-0.3, -0.25) is 4.79 Å². The number of hydrogen-bond acceptors (Lipinski definition) is 3. The van der Waals surface area contributed by atoms with Gasteiger partial charge in [-0.15, -0.1) is 0 Å². The van der Waals surface area contributed by atoms with Crippen LogP contribution in [-0.2, 0) is 11.3 Å². The number of nitrogens with one attached hydrogen (secondary N) is 2. The number of aryl methyl sites for hydroxylation is 2. The lowest BCUT2D eigenvalue weighted by molar-refractivity contribution is -0.121. The molecule has 0 bridgehead atoms. The Balaban J connectivity index is 1.64. The van der Waals surface area contributed by atoms with Crippen molar-refractivity contribution in [3.8, 4) is 0 Å². The quantitative estimate of drug-likeness (QED) is 0.808. The average molecular weight is 250 g/mol. The Morgan fingerprint density at radius 1 is 1.56 bits per heavy atom. The van der Waals surface area contributed by atoms with Crippen molar-refractivity contribution in [1.82, 2.24) is 20.2 Å². The van der Waals surface area contributed by atoms with Crippen molar-refractivity contribution < 1.29 is 4.79 Å². The first-order valence-electron chi connectivity index (χ1n) is 6.71. The van der Waals surface area contributed by atoms with Gasteiger partial charge >= 0.3 is 0 Å². The number of carbonyl (C=O) groups excluding carboxylic acids is 1. The van der Waals surface area contributed by atoms with E-state index >= 15 is 0 Å². The highest BCUT2D eigenvalue weighted by atomic mass is 16.1. The molecule has 0 unspecified atom stereocenters. The SMILES string of the molecule is Cc1nccn1CCC(=O)NCC1CCNCC1. The maximum absolute atomic E-state index is 11.7. The molecule has 1 aliphatic heterocycles. The van der Waals surface area contributed by atoms with Gasteiger partial charge < -0.3 is 15.2 Å². The summed E-state index contributed by atoms with van der Waals surface area (Å²) in [6, 6.07) is 0. The number of imidazole rings is 1. The highest BCUT2D eigenvalue weighted by molar-refractivity contribution is 5.75. The zero-order chi connectivity index (χ0) is 12.8. The molecule has 2 rings (SSSR count). The molecular formula is C13H22N4O. The third-order valence-electron chi connectivity index (χ3n) is 3.55. The lowest BCUT2D eigenvalue weighted by atomic mass is 9.98. The van der Waals surface area contributed by atoms with Crippen LogP contribution in [0, 0.1) is 12.8 Å². The zero-order valence-corrected chi connectivity index (χ0v) is 11.0. The highest BCUT2D eigenvalue weighted by Gasteiger charge is 2.13. The molecule has 0 aliphatic carbocycles. The number of nitrogens with zero attached hydrogens (tertiary/aromatic N) is 2. The summed E-state index contributed by atoms with van der Waals surface area (Å²) < 4.78 is 2.00. The molecule has 5 heteroatoms. The van der Waals surface area contributed by atoms with Crippen LogP contribution in [0.15, 0.2) is 12.4 Å². The largest absolute Gasteiger partial charge is 0.356 e. The Kier molecular flexibility index (Phi) is 4.75. The Morgan fingerprint density at radius 2 is 2.33 bits per heavy atom. The number of piperidine rings is 1. The monoisotopic (exact) mass is 250 g/mol. The van der Waals surface area contributed by atoms with E-state index in [1.807, 2.05) is 17.7 Å². The van der Waals surface area contributed by atoms with E-state index in [9.17, 15) is 4.79 Å². The maximum Gasteiger partial charge on any atom is 0.221 e. The predicted octanol–water partition coefficient (Wildman–Crippen LogP) is 0.697. The minimum Gasteiger partial charge on any atom is -0.356 e. The fraction of sp³-hybridized carbons (Fsp3) is 0.692. The summed E-state index contributed by atoms with van der Waals surface area (Å²) in [5.41, 5.74) is 0. The van der Waals surface area contributed by atoms with Crippen molar-refractivity contribution >= 4 is 5.91 Å². The normalized spacial score (nSPS) is 16.7. The number of amides is 1. The first kappa shape index (κ1) is 13.1. The minimum absolute atomic E-state index is 0.140. The molecule has 1 aromatic heterocycles. The topological polar surface area (TPSA) is 59.0 Å². The first-order valence-corrected chi connectivity index (χ1v) is 6.71. The number of rotatable bonds is 5. The van der Waals surface area contributed by atoms with Crippen LogP contribution in [0.2, 0.25) is 0 Å². The van der Waals surface area contributed by atoms with Crippen LogP contribution in [0.3, 0.4) is 0 Å². The summed E-state index contributed by atoms with van der Waals surface area (Å²) in [7, 11) is 0. The average Bonchev–Trinajstić information content (AvgIpc) is 2.81. The summed E-state index contributed by atoms with van der Waals surface area (Å²) in [6.45, 7) is 5.64. The van der Waals surface area contributed by atoms with Crippen molar-refractivity contribution in [2.75, 3.05) is 19.6 Å². The van der Waals surface area contributed by atoms with E-state index in [1.54, 1.807) is 6.20 Å². The Labute approximate surface area is 108 Å². The Morgan fingerprint density at radius 3 is 3.00 bits per heavy atom. The number of aromatic nitrogens is 2. The second-order valence-corrected chi connectivity index (χ2v) is 4.92. The summed E-state index contributed by atoms with van der Waals surface area (Å²) in [4.78, 5) is 15.9. The molecule has 0 atom stereocenters. The first-order chi connectivity index (χ1) is 8.75. The van der Waals surface area contributed by atoms with Gasteiger partial charge in [0.2, 0.25) is 5.91 Å². The molecule has 0 radical (unpaired) electrons. The molecule has 0 spiro atoms. The lowest BCUT2D eigenvalue weighted by Crippen LogP contribution is -2.36. The minimum atomic E-state index is 0.140. The Hall–Kier alpha value is -1.36. The summed E-state index contributed by atoms with van der Waals surface area (Å²) >= 11 is 0. The van der Waals surface area contributed by atoms with E-state index in [0.29, 0.717) is 18.9 Å². The fourth-order valence-corrected chi connectivity index (χ4v) is 2.29. The lowest BCUT2D eigenvalue weighted by Gasteiger charge is -2.22. The molecule has 1 fully saturated rings. The zero-order valence-electron chi connectivity index (χ0n) is 11.0. The van der Waals surface area contributed by atoms with Crippen LogP contribution < -0.4 is 10.6 Å². The van der Waals surface area contributed by atoms with E-state index in [4.69, 9.17) is 0 Å². The van der Waals surface area contributed by atoms with Gasteiger partial charge in [0.1, 0.15) is 5.82 Å².